The van der Waals surface area contributed by atoms with E-state index >= 15 is 0 Å². The monoisotopic (exact) mass is 464 g/mol. The zero-order chi connectivity index (χ0) is 23.1. The molecular weight excluding hydrogens is 408 g/mol. The molecule has 1 aliphatic heterocycles. The average Bonchev–Trinajstić information content (AvgIpc) is 2.87. The first-order valence-electron chi connectivity index (χ1n) is 14.9. The lowest BCUT2D eigenvalue weighted by atomic mass is 9.80. The van der Waals surface area contributed by atoms with Gasteiger partial charge in [0.2, 0.25) is 0 Å². The second-order valence-electron chi connectivity index (χ2n) is 11.1. The minimum Gasteiger partial charge on any atom is -0.378 e. The number of nitrogens with zero attached hydrogens (tertiary/aromatic N) is 1. The van der Waals surface area contributed by atoms with Crippen molar-refractivity contribution >= 4 is 0 Å². The largest absolute Gasteiger partial charge is 0.378 e. The van der Waals surface area contributed by atoms with E-state index in [2.05, 4.69) is 34.9 Å². The standard InChI is InChI=1S/C28H56N4O/c1-3-28-29-21-19-27(32(4-2)22-12-7-5-6-11-20-30-31-28)25-15-17-26(18-16-25)33-23-24-13-9-8-10-14-24/h24-31H,3-23H2,1-2H3. The number of hydrogen-bond donors (Lipinski definition) is 3. The maximum absolute atomic E-state index is 6.45. The van der Waals surface area contributed by atoms with E-state index in [4.69, 9.17) is 4.74 Å². The van der Waals surface area contributed by atoms with Gasteiger partial charge in [-0.2, -0.15) is 0 Å². The van der Waals surface area contributed by atoms with Gasteiger partial charge in [0.05, 0.1) is 12.3 Å². The first kappa shape index (κ1) is 27.4. The summed E-state index contributed by atoms with van der Waals surface area (Å²) in [5.74, 6) is 1.68. The van der Waals surface area contributed by atoms with Crippen LogP contribution in [0.1, 0.15) is 117 Å². The Morgan fingerprint density at radius 2 is 1.48 bits per heavy atom. The Balaban J connectivity index is 1.50. The fourth-order valence-corrected chi connectivity index (χ4v) is 6.50. The molecule has 3 N–H and O–H groups in total. The molecule has 0 bridgehead atoms. The third kappa shape index (κ3) is 10.1. The molecule has 1 heterocycles. The topological polar surface area (TPSA) is 48.6 Å². The highest BCUT2D eigenvalue weighted by molar-refractivity contribution is 4.85. The minimum absolute atomic E-state index is 0.370. The highest BCUT2D eigenvalue weighted by atomic mass is 16.5. The van der Waals surface area contributed by atoms with E-state index < -0.39 is 0 Å². The average molecular weight is 465 g/mol. The molecule has 0 radical (unpaired) electrons. The van der Waals surface area contributed by atoms with Crippen molar-refractivity contribution in [3.8, 4) is 0 Å². The number of ether oxygens (including phenoxy) is 1. The molecule has 2 unspecified atom stereocenters. The molecule has 1 saturated heterocycles. The van der Waals surface area contributed by atoms with E-state index in [-0.39, 0.29) is 0 Å². The maximum Gasteiger partial charge on any atom is 0.0701 e. The molecule has 0 aromatic carbocycles. The summed E-state index contributed by atoms with van der Waals surface area (Å²) in [4.78, 5) is 2.84. The molecular formula is C28H56N4O. The van der Waals surface area contributed by atoms with E-state index in [1.807, 2.05) is 0 Å². The first-order valence-corrected chi connectivity index (χ1v) is 14.9. The molecule has 3 aliphatic rings. The Hall–Kier alpha value is -0.200. The molecule has 0 aromatic heterocycles. The summed E-state index contributed by atoms with van der Waals surface area (Å²) in [5, 5.41) is 3.79. The van der Waals surface area contributed by atoms with Crippen molar-refractivity contribution in [1.82, 2.24) is 21.1 Å². The fraction of sp³-hybridized carbons (Fsp3) is 1.00. The van der Waals surface area contributed by atoms with Crippen molar-refractivity contribution in [1.29, 1.82) is 0 Å². The summed E-state index contributed by atoms with van der Waals surface area (Å²) in [6.45, 7) is 10.3. The van der Waals surface area contributed by atoms with E-state index in [1.165, 1.54) is 109 Å². The van der Waals surface area contributed by atoms with Crippen LogP contribution in [0.2, 0.25) is 0 Å². The molecule has 2 saturated carbocycles. The Morgan fingerprint density at radius 3 is 2.24 bits per heavy atom. The summed E-state index contributed by atoms with van der Waals surface area (Å²) in [5.41, 5.74) is 6.97. The predicted octanol–water partition coefficient (Wildman–Crippen LogP) is 5.61. The van der Waals surface area contributed by atoms with Crippen LogP contribution in [0, 0.1) is 11.8 Å². The fourth-order valence-electron chi connectivity index (χ4n) is 6.50. The first-order chi connectivity index (χ1) is 16.3. The van der Waals surface area contributed by atoms with Gasteiger partial charge in [-0.1, -0.05) is 52.4 Å². The molecule has 2 aliphatic carbocycles. The number of hydrazine groups is 1. The van der Waals surface area contributed by atoms with Crippen molar-refractivity contribution < 1.29 is 4.74 Å². The van der Waals surface area contributed by atoms with Gasteiger partial charge in [0.15, 0.2) is 0 Å². The third-order valence-electron chi connectivity index (χ3n) is 8.69. The molecule has 194 valence electrons. The minimum atomic E-state index is 0.370. The van der Waals surface area contributed by atoms with Crippen molar-refractivity contribution in [3.05, 3.63) is 0 Å². The summed E-state index contributed by atoms with van der Waals surface area (Å²) in [7, 11) is 0. The van der Waals surface area contributed by atoms with Crippen molar-refractivity contribution in [3.63, 3.8) is 0 Å². The van der Waals surface area contributed by atoms with Gasteiger partial charge in [-0.25, -0.2) is 5.43 Å². The van der Waals surface area contributed by atoms with Crippen molar-refractivity contribution in [2.75, 3.05) is 32.8 Å². The second-order valence-corrected chi connectivity index (χ2v) is 11.1. The third-order valence-corrected chi connectivity index (χ3v) is 8.69. The van der Waals surface area contributed by atoms with Crippen LogP contribution in [-0.2, 0) is 4.74 Å². The Kier molecular flexibility index (Phi) is 13.7. The van der Waals surface area contributed by atoms with Gasteiger partial charge in [-0.05, 0) is 95.7 Å². The molecule has 0 amide bonds. The summed E-state index contributed by atoms with van der Waals surface area (Å²) in [6, 6.07) is 0.720. The van der Waals surface area contributed by atoms with Crippen LogP contribution in [0.3, 0.4) is 0 Å². The quantitative estimate of drug-likeness (QED) is 0.477. The van der Waals surface area contributed by atoms with Gasteiger partial charge in [-0.15, -0.1) is 0 Å². The number of hydrogen-bond acceptors (Lipinski definition) is 5. The zero-order valence-electron chi connectivity index (χ0n) is 22.1. The highest BCUT2D eigenvalue weighted by Gasteiger charge is 2.31. The molecule has 5 heteroatoms. The highest BCUT2D eigenvalue weighted by Crippen LogP contribution is 2.33. The van der Waals surface area contributed by atoms with Crippen LogP contribution in [0.5, 0.6) is 0 Å². The van der Waals surface area contributed by atoms with Crippen LogP contribution >= 0.6 is 0 Å². The van der Waals surface area contributed by atoms with Crippen molar-refractivity contribution in [2.24, 2.45) is 11.8 Å². The van der Waals surface area contributed by atoms with E-state index in [1.54, 1.807) is 0 Å². The van der Waals surface area contributed by atoms with Gasteiger partial charge >= 0.3 is 0 Å². The van der Waals surface area contributed by atoms with Crippen LogP contribution < -0.4 is 16.2 Å². The second kappa shape index (κ2) is 16.5. The lowest BCUT2D eigenvalue weighted by molar-refractivity contribution is -0.0173. The Bertz CT molecular complexity index is 477. The Labute approximate surface area is 205 Å². The number of nitrogens with one attached hydrogen (secondary N) is 3. The zero-order valence-corrected chi connectivity index (χ0v) is 22.1. The molecule has 0 spiro atoms. The SMILES string of the molecule is CCC1NCCC(C2CCC(OCC3CCCCC3)CC2)N(CC)CCCCCCCNN1. The Morgan fingerprint density at radius 1 is 0.758 bits per heavy atom. The van der Waals surface area contributed by atoms with Crippen LogP contribution in [0.15, 0.2) is 0 Å². The van der Waals surface area contributed by atoms with Gasteiger partial charge in [-0.3, -0.25) is 5.43 Å². The van der Waals surface area contributed by atoms with Crippen LogP contribution in [0.4, 0.5) is 0 Å². The number of rotatable bonds is 6. The summed E-state index contributed by atoms with van der Waals surface area (Å²) in [6.07, 6.45) is 22.4. The lowest BCUT2D eigenvalue weighted by Crippen LogP contribution is -2.51. The summed E-state index contributed by atoms with van der Waals surface area (Å²) >= 11 is 0. The molecule has 5 nitrogen and oxygen atoms in total. The normalized spacial score (nSPS) is 33.3. The van der Waals surface area contributed by atoms with E-state index in [9.17, 15) is 0 Å². The van der Waals surface area contributed by atoms with Gasteiger partial charge in [0, 0.05) is 19.2 Å². The molecule has 0 aromatic rings. The van der Waals surface area contributed by atoms with Crippen LogP contribution in [0.25, 0.3) is 0 Å². The smallest absolute Gasteiger partial charge is 0.0701 e. The maximum atomic E-state index is 6.45. The molecule has 2 atom stereocenters. The van der Waals surface area contributed by atoms with Crippen molar-refractivity contribution in [2.45, 2.75) is 135 Å². The molecule has 3 rings (SSSR count). The van der Waals surface area contributed by atoms with E-state index in [0.717, 1.165) is 44.0 Å². The lowest BCUT2D eigenvalue weighted by Gasteiger charge is -2.40. The summed E-state index contributed by atoms with van der Waals surface area (Å²) < 4.78 is 6.45. The molecule has 33 heavy (non-hydrogen) atoms. The van der Waals surface area contributed by atoms with Gasteiger partial charge in [0.25, 0.3) is 0 Å². The van der Waals surface area contributed by atoms with E-state index in [0.29, 0.717) is 12.3 Å². The van der Waals surface area contributed by atoms with Gasteiger partial charge in [0.1, 0.15) is 0 Å². The van der Waals surface area contributed by atoms with Gasteiger partial charge < -0.3 is 15.0 Å². The molecule has 3 fully saturated rings. The van der Waals surface area contributed by atoms with Crippen LogP contribution in [-0.4, -0.2) is 56.0 Å². The predicted molar refractivity (Wildman–Crippen MR) is 140 cm³/mol.